The van der Waals surface area contributed by atoms with Gasteiger partial charge in [-0.1, -0.05) is 24.3 Å². The third-order valence-corrected chi connectivity index (χ3v) is 5.92. The first-order valence-corrected chi connectivity index (χ1v) is 9.35. The van der Waals surface area contributed by atoms with Crippen molar-refractivity contribution < 1.29 is 19.1 Å². The van der Waals surface area contributed by atoms with Crippen LogP contribution in [0.3, 0.4) is 0 Å². The molecule has 28 heavy (non-hydrogen) atoms. The van der Waals surface area contributed by atoms with Gasteiger partial charge in [-0.15, -0.1) is 0 Å². The van der Waals surface area contributed by atoms with Crippen LogP contribution in [0, 0.1) is 43.3 Å². The maximum atomic E-state index is 13.1. The summed E-state index contributed by atoms with van der Waals surface area (Å²) >= 11 is 0. The van der Waals surface area contributed by atoms with E-state index in [2.05, 4.69) is 10.4 Å². The Morgan fingerprint density at radius 1 is 1.18 bits per heavy atom. The number of aryl methyl sites for hydroxylation is 1. The molecule has 1 heterocycles. The summed E-state index contributed by atoms with van der Waals surface area (Å²) in [4.78, 5) is 24.6. The second kappa shape index (κ2) is 6.89. The highest BCUT2D eigenvalue weighted by Crippen LogP contribution is 2.48. The van der Waals surface area contributed by atoms with Gasteiger partial charge in [0.25, 0.3) is 0 Å². The molecule has 7 heteroatoms. The van der Waals surface area contributed by atoms with Crippen LogP contribution in [0.5, 0.6) is 0 Å². The van der Waals surface area contributed by atoms with E-state index in [1.807, 2.05) is 19.1 Å². The highest BCUT2D eigenvalue weighted by atomic mass is 19.1. The van der Waals surface area contributed by atoms with Gasteiger partial charge < -0.3 is 10.4 Å². The molecule has 1 fully saturated rings. The van der Waals surface area contributed by atoms with Crippen molar-refractivity contribution in [1.29, 1.82) is 0 Å². The lowest BCUT2D eigenvalue weighted by atomic mass is 9.82. The molecule has 1 amide bonds. The molecule has 0 aliphatic heterocycles. The van der Waals surface area contributed by atoms with Crippen LogP contribution in [-0.2, 0) is 16.1 Å². The van der Waals surface area contributed by atoms with Crippen molar-refractivity contribution in [2.24, 2.45) is 23.7 Å². The fourth-order valence-electron chi connectivity index (χ4n) is 4.52. The molecule has 0 spiro atoms. The Balaban J connectivity index is 1.54. The second-order valence-corrected chi connectivity index (χ2v) is 7.66. The normalized spacial score (nSPS) is 25.2. The van der Waals surface area contributed by atoms with Gasteiger partial charge in [-0.05, 0) is 49.8 Å². The van der Waals surface area contributed by atoms with E-state index in [9.17, 15) is 19.1 Å². The van der Waals surface area contributed by atoms with Crippen LogP contribution in [0.15, 0.2) is 36.4 Å². The molecule has 6 nitrogen and oxygen atoms in total. The summed E-state index contributed by atoms with van der Waals surface area (Å²) in [5.41, 5.74) is 2.95. The summed E-state index contributed by atoms with van der Waals surface area (Å²) < 4.78 is 14.9. The number of anilines is 1. The van der Waals surface area contributed by atoms with Gasteiger partial charge in [0.1, 0.15) is 5.82 Å². The minimum Gasteiger partial charge on any atom is -0.481 e. The first-order chi connectivity index (χ1) is 13.3. The Labute approximate surface area is 162 Å². The molecule has 2 aromatic rings. The molecule has 0 saturated heterocycles. The van der Waals surface area contributed by atoms with Crippen molar-refractivity contribution in [3.05, 3.63) is 59.2 Å². The van der Waals surface area contributed by atoms with Crippen LogP contribution in [0.4, 0.5) is 10.1 Å². The van der Waals surface area contributed by atoms with E-state index in [0.29, 0.717) is 17.9 Å². The Morgan fingerprint density at radius 2 is 1.82 bits per heavy atom. The second-order valence-electron chi connectivity index (χ2n) is 7.66. The molecule has 2 bridgehead atoms. The number of carboxylic acids is 1. The predicted molar refractivity (Wildman–Crippen MR) is 101 cm³/mol. The number of aromatic nitrogens is 2. The molecule has 1 aromatic carbocycles. The average Bonchev–Trinajstić information content (AvgIpc) is 3.33. The number of carbonyl (C=O) groups is 2. The van der Waals surface area contributed by atoms with Crippen LogP contribution in [-0.4, -0.2) is 26.8 Å². The molecule has 4 atom stereocenters. The number of aliphatic carboxylic acids is 1. The zero-order valence-corrected chi connectivity index (χ0v) is 15.7. The molecule has 1 aromatic heterocycles. The molecule has 2 N–H and O–H groups in total. The van der Waals surface area contributed by atoms with Crippen LogP contribution < -0.4 is 5.32 Å². The van der Waals surface area contributed by atoms with Gasteiger partial charge in [0.2, 0.25) is 5.91 Å². The third-order valence-electron chi connectivity index (χ3n) is 5.92. The van der Waals surface area contributed by atoms with Gasteiger partial charge in [-0.25, -0.2) is 4.39 Å². The van der Waals surface area contributed by atoms with E-state index in [1.54, 1.807) is 23.7 Å². The largest absolute Gasteiger partial charge is 0.481 e. The number of rotatable bonds is 5. The van der Waals surface area contributed by atoms with Crippen LogP contribution in [0.25, 0.3) is 0 Å². The summed E-state index contributed by atoms with van der Waals surface area (Å²) in [5, 5.41) is 17.0. The molecule has 0 unspecified atom stereocenters. The summed E-state index contributed by atoms with van der Waals surface area (Å²) in [7, 11) is 0. The van der Waals surface area contributed by atoms with Crippen molar-refractivity contribution in [1.82, 2.24) is 9.78 Å². The third kappa shape index (κ3) is 3.10. The molecule has 2 aliphatic carbocycles. The van der Waals surface area contributed by atoms with Crippen molar-refractivity contribution in [2.75, 3.05) is 5.32 Å². The van der Waals surface area contributed by atoms with E-state index in [-0.39, 0.29) is 23.6 Å². The number of allylic oxidation sites excluding steroid dienone is 2. The Bertz CT molecular complexity index is 964. The van der Waals surface area contributed by atoms with Gasteiger partial charge in [0, 0.05) is 0 Å². The number of hydrogen-bond acceptors (Lipinski definition) is 3. The number of carbonyl (C=O) groups excluding carboxylic acids is 1. The van der Waals surface area contributed by atoms with Crippen molar-refractivity contribution in [3.63, 3.8) is 0 Å². The van der Waals surface area contributed by atoms with E-state index in [1.165, 1.54) is 12.1 Å². The van der Waals surface area contributed by atoms with Crippen LogP contribution in [0.1, 0.15) is 23.4 Å². The lowest BCUT2D eigenvalue weighted by Gasteiger charge is -2.23. The zero-order chi connectivity index (χ0) is 20.0. The molecule has 1 saturated carbocycles. The number of carboxylic acid groups (broad SMARTS) is 1. The first kappa shape index (κ1) is 18.4. The number of benzene rings is 1. The molecule has 0 radical (unpaired) electrons. The van der Waals surface area contributed by atoms with Crippen LogP contribution >= 0.6 is 0 Å². The molecule has 4 rings (SSSR count). The molecular weight excluding hydrogens is 361 g/mol. The smallest absolute Gasteiger partial charge is 0.307 e. The van der Waals surface area contributed by atoms with E-state index < -0.39 is 17.8 Å². The number of nitrogens with zero attached hydrogens (tertiary/aromatic N) is 2. The number of amides is 1. The fourth-order valence-corrected chi connectivity index (χ4v) is 4.52. The topological polar surface area (TPSA) is 84.2 Å². The summed E-state index contributed by atoms with van der Waals surface area (Å²) in [5.74, 6) is -2.81. The summed E-state index contributed by atoms with van der Waals surface area (Å²) in [6.07, 6.45) is 4.60. The number of nitrogens with one attached hydrogen (secondary N) is 1. The number of hydrogen-bond donors (Lipinski definition) is 2. The van der Waals surface area contributed by atoms with E-state index >= 15 is 0 Å². The predicted octanol–water partition coefficient (Wildman–Crippen LogP) is 3.15. The van der Waals surface area contributed by atoms with Crippen molar-refractivity contribution >= 4 is 17.6 Å². The summed E-state index contributed by atoms with van der Waals surface area (Å²) in [6, 6.07) is 6.20. The highest BCUT2D eigenvalue weighted by molar-refractivity contribution is 5.97. The Morgan fingerprint density at radius 3 is 2.46 bits per heavy atom. The minimum atomic E-state index is -0.919. The first-order valence-electron chi connectivity index (χ1n) is 9.35. The van der Waals surface area contributed by atoms with Gasteiger partial charge in [-0.3, -0.25) is 14.3 Å². The molecule has 146 valence electrons. The maximum Gasteiger partial charge on any atom is 0.307 e. The number of halogens is 1. The van der Waals surface area contributed by atoms with Crippen molar-refractivity contribution in [2.45, 2.75) is 26.8 Å². The SMILES string of the molecule is Cc1nn(Cc2ccc(F)cc2)c(C)c1NC(=O)[C@@H]1[C@@H](C(=O)O)[C@H]2C=C[C@@H]1C2. The van der Waals surface area contributed by atoms with Gasteiger partial charge in [-0.2, -0.15) is 5.10 Å². The quantitative estimate of drug-likeness (QED) is 0.777. The van der Waals surface area contributed by atoms with E-state index in [4.69, 9.17) is 0 Å². The zero-order valence-electron chi connectivity index (χ0n) is 15.7. The molecule has 2 aliphatic rings. The highest BCUT2D eigenvalue weighted by Gasteiger charge is 2.51. The van der Waals surface area contributed by atoms with E-state index in [0.717, 1.165) is 17.7 Å². The Hall–Kier alpha value is -2.96. The van der Waals surface area contributed by atoms with Crippen LogP contribution in [0.2, 0.25) is 0 Å². The maximum absolute atomic E-state index is 13.1. The monoisotopic (exact) mass is 383 g/mol. The lowest BCUT2D eigenvalue weighted by Crippen LogP contribution is -2.36. The average molecular weight is 383 g/mol. The lowest BCUT2D eigenvalue weighted by molar-refractivity contribution is -0.146. The van der Waals surface area contributed by atoms with Crippen molar-refractivity contribution in [3.8, 4) is 0 Å². The van der Waals surface area contributed by atoms with Gasteiger partial charge in [0.05, 0.1) is 35.5 Å². The van der Waals surface area contributed by atoms with Gasteiger partial charge >= 0.3 is 5.97 Å². The van der Waals surface area contributed by atoms with Gasteiger partial charge in [0.15, 0.2) is 0 Å². The fraction of sp³-hybridized carbons (Fsp3) is 0.381. The standard InChI is InChI=1S/C21H22FN3O3/c1-11-19(12(2)25(24-11)10-13-3-7-16(22)8-4-13)23-20(26)17-14-5-6-15(9-14)18(17)21(27)28/h3-8,14-15,17-18H,9-10H2,1-2H3,(H,23,26)(H,27,28)/t14-,15+,17+,18+/m1/s1. The Kier molecular flexibility index (Phi) is 4.53. The molecular formula is C21H22FN3O3. The summed E-state index contributed by atoms with van der Waals surface area (Å²) in [6.45, 7) is 4.12. The number of fused-ring (bicyclic) bond motifs is 2. The minimum absolute atomic E-state index is 0.0269.